The van der Waals surface area contributed by atoms with E-state index in [4.69, 9.17) is 10.2 Å². The van der Waals surface area contributed by atoms with Gasteiger partial charge in [0.15, 0.2) is 0 Å². The molecule has 0 spiro atoms. The van der Waals surface area contributed by atoms with Gasteiger partial charge in [-0.2, -0.15) is 0 Å². The SMILES string of the molecule is O=C(O)/C(O)=C/C(=O)c1csc(Cc2ccccc2)n1. The smallest absolute Gasteiger partial charge is 0.371 e. The van der Waals surface area contributed by atoms with Gasteiger partial charge in [-0.15, -0.1) is 11.3 Å². The summed E-state index contributed by atoms with van der Waals surface area (Å²) in [5.41, 5.74) is 1.21. The summed E-state index contributed by atoms with van der Waals surface area (Å²) in [6.07, 6.45) is 1.26. The number of benzene rings is 1. The van der Waals surface area contributed by atoms with E-state index in [0.717, 1.165) is 10.6 Å². The molecule has 0 aliphatic rings. The molecule has 2 N–H and O–H groups in total. The number of carboxylic acid groups (broad SMARTS) is 1. The number of hydrogen-bond acceptors (Lipinski definition) is 5. The van der Waals surface area contributed by atoms with Crippen LogP contribution < -0.4 is 0 Å². The molecule has 0 saturated heterocycles. The molecule has 20 heavy (non-hydrogen) atoms. The maximum atomic E-state index is 11.7. The van der Waals surface area contributed by atoms with E-state index in [-0.39, 0.29) is 5.69 Å². The number of aromatic nitrogens is 1. The third kappa shape index (κ3) is 3.52. The van der Waals surface area contributed by atoms with Gasteiger partial charge in [0.2, 0.25) is 11.5 Å². The normalized spacial score (nSPS) is 11.3. The number of rotatable bonds is 5. The van der Waals surface area contributed by atoms with Crippen molar-refractivity contribution >= 4 is 23.1 Å². The highest BCUT2D eigenvalue weighted by Gasteiger charge is 2.12. The zero-order valence-corrected chi connectivity index (χ0v) is 11.1. The second kappa shape index (κ2) is 6.12. The molecular weight excluding hydrogens is 278 g/mol. The number of carbonyl (C=O) groups excluding carboxylic acids is 1. The quantitative estimate of drug-likeness (QED) is 0.501. The van der Waals surface area contributed by atoms with Gasteiger partial charge in [0.1, 0.15) is 5.69 Å². The lowest BCUT2D eigenvalue weighted by Gasteiger charge is -1.96. The van der Waals surface area contributed by atoms with Crippen LogP contribution in [0.15, 0.2) is 47.5 Å². The highest BCUT2D eigenvalue weighted by atomic mass is 32.1. The average Bonchev–Trinajstić information content (AvgIpc) is 2.88. The Balaban J connectivity index is 2.11. The van der Waals surface area contributed by atoms with Gasteiger partial charge < -0.3 is 10.2 Å². The maximum absolute atomic E-state index is 11.7. The molecule has 1 heterocycles. The lowest BCUT2D eigenvalue weighted by atomic mass is 10.2. The maximum Gasteiger partial charge on any atom is 0.371 e. The Kier molecular flexibility index (Phi) is 4.27. The van der Waals surface area contributed by atoms with Crippen molar-refractivity contribution in [2.75, 3.05) is 0 Å². The molecule has 1 aromatic carbocycles. The first kappa shape index (κ1) is 14.0. The van der Waals surface area contributed by atoms with Crippen molar-refractivity contribution in [2.24, 2.45) is 0 Å². The Hall–Kier alpha value is -2.47. The van der Waals surface area contributed by atoms with Crippen LogP contribution in [0.4, 0.5) is 0 Å². The van der Waals surface area contributed by atoms with Crippen LogP contribution in [0, 0.1) is 0 Å². The summed E-state index contributed by atoms with van der Waals surface area (Å²) in [4.78, 5) is 26.2. The number of aliphatic hydroxyl groups is 1. The molecule has 6 heteroatoms. The molecule has 102 valence electrons. The third-order valence-corrected chi connectivity index (χ3v) is 3.34. The topological polar surface area (TPSA) is 87.5 Å². The molecule has 0 amide bonds. The molecule has 0 aliphatic heterocycles. The van der Waals surface area contributed by atoms with Gasteiger partial charge >= 0.3 is 5.97 Å². The molecule has 0 fully saturated rings. The summed E-state index contributed by atoms with van der Waals surface area (Å²) in [6, 6.07) is 9.67. The van der Waals surface area contributed by atoms with E-state index < -0.39 is 17.5 Å². The molecule has 0 radical (unpaired) electrons. The van der Waals surface area contributed by atoms with E-state index in [9.17, 15) is 9.59 Å². The van der Waals surface area contributed by atoms with Crippen LogP contribution in [0.1, 0.15) is 21.1 Å². The van der Waals surface area contributed by atoms with E-state index in [1.165, 1.54) is 11.3 Å². The van der Waals surface area contributed by atoms with Gasteiger partial charge in [0.25, 0.3) is 0 Å². The predicted molar refractivity (Wildman–Crippen MR) is 74.0 cm³/mol. The van der Waals surface area contributed by atoms with Gasteiger partial charge in [0.05, 0.1) is 5.01 Å². The Labute approximate surface area is 118 Å². The molecular formula is C14H11NO4S. The van der Waals surface area contributed by atoms with E-state index >= 15 is 0 Å². The zero-order chi connectivity index (χ0) is 14.5. The number of allylic oxidation sites excluding steroid dienone is 1. The molecule has 0 atom stereocenters. The van der Waals surface area contributed by atoms with Gasteiger partial charge in [-0.1, -0.05) is 30.3 Å². The Morgan fingerprint density at radius 3 is 2.55 bits per heavy atom. The molecule has 2 rings (SSSR count). The van der Waals surface area contributed by atoms with Crippen molar-refractivity contribution in [2.45, 2.75) is 6.42 Å². The minimum absolute atomic E-state index is 0.133. The lowest BCUT2D eigenvalue weighted by Crippen LogP contribution is -2.04. The van der Waals surface area contributed by atoms with Gasteiger partial charge in [0, 0.05) is 17.9 Å². The molecule has 1 aromatic heterocycles. The molecule has 0 aliphatic carbocycles. The Morgan fingerprint density at radius 1 is 1.20 bits per heavy atom. The second-order valence-electron chi connectivity index (χ2n) is 3.99. The van der Waals surface area contributed by atoms with Crippen LogP contribution in [0.5, 0.6) is 0 Å². The van der Waals surface area contributed by atoms with E-state index in [2.05, 4.69) is 4.98 Å². The number of hydrogen-bond donors (Lipinski definition) is 2. The summed E-state index contributed by atoms with van der Waals surface area (Å²) in [7, 11) is 0. The van der Waals surface area contributed by atoms with Crippen molar-refractivity contribution in [1.29, 1.82) is 0 Å². The van der Waals surface area contributed by atoms with Crippen molar-refractivity contribution in [1.82, 2.24) is 4.98 Å². The van der Waals surface area contributed by atoms with Gasteiger partial charge in [-0.25, -0.2) is 9.78 Å². The van der Waals surface area contributed by atoms with Crippen molar-refractivity contribution in [3.8, 4) is 0 Å². The highest BCUT2D eigenvalue weighted by Crippen LogP contribution is 2.15. The standard InChI is InChI=1S/C14H11NO4S/c16-11(7-12(17)14(18)19)10-8-20-13(15-10)6-9-4-2-1-3-5-9/h1-5,7-8,17H,6H2,(H,18,19)/b12-7-. The molecule has 0 bridgehead atoms. The number of nitrogens with zero attached hydrogens (tertiary/aromatic N) is 1. The van der Waals surface area contributed by atoms with Crippen LogP contribution in [-0.4, -0.2) is 26.9 Å². The Bertz CT molecular complexity index is 661. The summed E-state index contributed by atoms with van der Waals surface area (Å²) >= 11 is 1.32. The summed E-state index contributed by atoms with van der Waals surface area (Å²) < 4.78 is 0. The largest absolute Gasteiger partial charge is 0.502 e. The number of thiazole rings is 1. The third-order valence-electron chi connectivity index (χ3n) is 2.49. The summed E-state index contributed by atoms with van der Waals surface area (Å²) in [5.74, 6) is -3.16. The fraction of sp³-hybridized carbons (Fsp3) is 0.0714. The predicted octanol–water partition coefficient (Wildman–Crippen LogP) is 2.44. The molecule has 2 aromatic rings. The molecule has 0 saturated carbocycles. The van der Waals surface area contributed by atoms with Gasteiger partial charge in [-0.05, 0) is 5.56 Å². The monoisotopic (exact) mass is 289 g/mol. The molecule has 5 nitrogen and oxygen atoms in total. The van der Waals surface area contributed by atoms with Crippen LogP contribution in [0.2, 0.25) is 0 Å². The van der Waals surface area contributed by atoms with Crippen molar-refractivity contribution in [3.63, 3.8) is 0 Å². The zero-order valence-electron chi connectivity index (χ0n) is 10.3. The highest BCUT2D eigenvalue weighted by molar-refractivity contribution is 7.09. The first-order valence-electron chi connectivity index (χ1n) is 5.73. The fourth-order valence-corrected chi connectivity index (χ4v) is 2.35. The summed E-state index contributed by atoms with van der Waals surface area (Å²) in [6.45, 7) is 0. The first-order valence-corrected chi connectivity index (χ1v) is 6.61. The average molecular weight is 289 g/mol. The Morgan fingerprint density at radius 2 is 1.90 bits per heavy atom. The van der Waals surface area contributed by atoms with Gasteiger partial charge in [-0.3, -0.25) is 4.79 Å². The lowest BCUT2D eigenvalue weighted by molar-refractivity contribution is -0.135. The number of carbonyl (C=O) groups is 2. The number of aliphatic hydroxyl groups excluding tert-OH is 1. The first-order chi connectivity index (χ1) is 9.56. The minimum atomic E-state index is -1.54. The summed E-state index contributed by atoms with van der Waals surface area (Å²) in [5, 5.41) is 19.8. The minimum Gasteiger partial charge on any atom is -0.502 e. The van der Waals surface area contributed by atoms with Crippen molar-refractivity contribution in [3.05, 3.63) is 63.8 Å². The van der Waals surface area contributed by atoms with Crippen LogP contribution in [0.3, 0.4) is 0 Å². The van der Waals surface area contributed by atoms with E-state index in [1.807, 2.05) is 30.3 Å². The van der Waals surface area contributed by atoms with E-state index in [0.29, 0.717) is 12.5 Å². The van der Waals surface area contributed by atoms with Crippen LogP contribution >= 0.6 is 11.3 Å². The number of carboxylic acids is 1. The molecule has 0 unspecified atom stereocenters. The number of ketones is 1. The van der Waals surface area contributed by atoms with Crippen molar-refractivity contribution < 1.29 is 19.8 Å². The van der Waals surface area contributed by atoms with Crippen LogP contribution in [-0.2, 0) is 11.2 Å². The fourth-order valence-electron chi connectivity index (χ4n) is 1.54. The number of aliphatic carboxylic acids is 1. The van der Waals surface area contributed by atoms with E-state index in [1.54, 1.807) is 5.38 Å². The second-order valence-corrected chi connectivity index (χ2v) is 4.93. The van der Waals surface area contributed by atoms with Crippen LogP contribution in [0.25, 0.3) is 0 Å².